The lowest BCUT2D eigenvalue weighted by Crippen LogP contribution is -2.40. The summed E-state index contributed by atoms with van der Waals surface area (Å²) in [4.78, 5) is 46.3. The molecule has 218 valence electrons. The molecule has 5 rings (SSSR count). The fraction of sp³-hybridized carbons (Fsp3) is 0.323. The number of methoxy groups -OCH3 is 2. The number of thiazole rings is 1. The standard InChI is InChI=1S/C31H32N4O6S/c1-6-11-23-26(30(38)41-7-2)27(22-16-20(39-4)14-15-24(22)40-5)34-29(37)25(42-31(34)32-23)17-21-18(3)33-35(28(21)36)19-12-9-8-10-13-19/h8-10,12-17,21,27H,6-7,11H2,1-5H3/b25-17-/t21-,27+/m1/s1. The average Bonchev–Trinajstić information content (AvgIpc) is 3.46. The second kappa shape index (κ2) is 12.2. The minimum absolute atomic E-state index is 0.161. The highest BCUT2D eigenvalue weighted by atomic mass is 32.1. The summed E-state index contributed by atoms with van der Waals surface area (Å²) >= 11 is 1.17. The number of allylic oxidation sites excluding steroid dienone is 1. The molecule has 1 aromatic heterocycles. The second-order valence-electron chi connectivity index (χ2n) is 9.75. The van der Waals surface area contributed by atoms with Gasteiger partial charge < -0.3 is 14.2 Å². The number of aromatic nitrogens is 1. The van der Waals surface area contributed by atoms with E-state index in [1.54, 1.807) is 57.4 Å². The van der Waals surface area contributed by atoms with E-state index in [-0.39, 0.29) is 23.6 Å². The van der Waals surface area contributed by atoms with Crippen molar-refractivity contribution in [1.29, 1.82) is 0 Å². The molecule has 2 aliphatic heterocycles. The van der Waals surface area contributed by atoms with E-state index in [9.17, 15) is 14.4 Å². The van der Waals surface area contributed by atoms with Crippen molar-refractivity contribution in [2.75, 3.05) is 25.8 Å². The van der Waals surface area contributed by atoms with Gasteiger partial charge in [-0.25, -0.2) is 9.79 Å². The molecule has 0 bridgehead atoms. The van der Waals surface area contributed by atoms with Gasteiger partial charge in [-0.05, 0) is 56.7 Å². The van der Waals surface area contributed by atoms with Crippen LogP contribution in [0.3, 0.4) is 0 Å². The van der Waals surface area contributed by atoms with Crippen LogP contribution in [0.15, 0.2) is 74.7 Å². The summed E-state index contributed by atoms with van der Waals surface area (Å²) in [5.41, 5.74) is 2.20. The molecule has 2 atom stereocenters. The fourth-order valence-electron chi connectivity index (χ4n) is 5.16. The summed E-state index contributed by atoms with van der Waals surface area (Å²) in [7, 11) is 3.07. The van der Waals surface area contributed by atoms with Crippen molar-refractivity contribution in [3.63, 3.8) is 0 Å². The monoisotopic (exact) mass is 588 g/mol. The third-order valence-electron chi connectivity index (χ3n) is 7.13. The van der Waals surface area contributed by atoms with Crippen LogP contribution >= 0.6 is 11.3 Å². The summed E-state index contributed by atoms with van der Waals surface area (Å²) in [5, 5.41) is 5.82. The number of nitrogens with zero attached hydrogens (tertiary/aromatic N) is 4. The van der Waals surface area contributed by atoms with Gasteiger partial charge in [0, 0.05) is 5.56 Å². The first-order valence-corrected chi connectivity index (χ1v) is 14.5. The highest BCUT2D eigenvalue weighted by Gasteiger charge is 2.37. The summed E-state index contributed by atoms with van der Waals surface area (Å²) in [5.74, 6) is -0.524. The molecule has 2 aromatic carbocycles. The molecule has 0 spiro atoms. The Morgan fingerprint density at radius 3 is 2.50 bits per heavy atom. The van der Waals surface area contributed by atoms with Crippen LogP contribution in [0.4, 0.5) is 5.69 Å². The van der Waals surface area contributed by atoms with Crippen molar-refractivity contribution in [2.45, 2.75) is 39.7 Å². The van der Waals surface area contributed by atoms with Gasteiger partial charge in [0.2, 0.25) is 0 Å². The van der Waals surface area contributed by atoms with Gasteiger partial charge in [0.05, 0.1) is 48.0 Å². The molecular weight excluding hydrogens is 556 g/mol. The van der Waals surface area contributed by atoms with E-state index < -0.39 is 17.9 Å². The maximum atomic E-state index is 14.2. The van der Waals surface area contributed by atoms with Gasteiger partial charge in [-0.3, -0.25) is 14.2 Å². The number of anilines is 1. The van der Waals surface area contributed by atoms with E-state index >= 15 is 0 Å². The van der Waals surface area contributed by atoms with Crippen molar-refractivity contribution in [2.24, 2.45) is 16.0 Å². The normalized spacial score (nSPS) is 18.5. The van der Waals surface area contributed by atoms with Gasteiger partial charge in [-0.1, -0.05) is 42.9 Å². The topological polar surface area (TPSA) is 112 Å². The molecule has 1 amide bonds. The number of hydrogen-bond acceptors (Lipinski definition) is 9. The molecule has 11 heteroatoms. The number of carbonyl (C=O) groups is 2. The minimum atomic E-state index is -0.885. The van der Waals surface area contributed by atoms with E-state index in [1.807, 2.05) is 25.1 Å². The maximum absolute atomic E-state index is 14.2. The smallest absolute Gasteiger partial charge is 0.338 e. The average molecular weight is 589 g/mol. The summed E-state index contributed by atoms with van der Waals surface area (Å²) in [6.45, 7) is 5.65. The first kappa shape index (κ1) is 29.0. The third kappa shape index (κ3) is 5.16. The third-order valence-corrected chi connectivity index (χ3v) is 8.13. The summed E-state index contributed by atoms with van der Waals surface area (Å²) < 4.78 is 18.5. The molecule has 0 saturated carbocycles. The predicted molar refractivity (Wildman–Crippen MR) is 161 cm³/mol. The van der Waals surface area contributed by atoms with Gasteiger partial charge in [0.25, 0.3) is 11.5 Å². The fourth-order valence-corrected chi connectivity index (χ4v) is 6.19. The molecule has 0 fully saturated rings. The zero-order valence-corrected chi connectivity index (χ0v) is 24.9. The zero-order valence-electron chi connectivity index (χ0n) is 24.1. The maximum Gasteiger partial charge on any atom is 0.338 e. The van der Waals surface area contributed by atoms with Crippen molar-refractivity contribution in [1.82, 2.24) is 4.57 Å². The van der Waals surface area contributed by atoms with Crippen LogP contribution in [-0.4, -0.2) is 43.0 Å². The Labute approximate surface area is 246 Å². The van der Waals surface area contributed by atoms with Crippen LogP contribution in [0.1, 0.15) is 45.2 Å². The van der Waals surface area contributed by atoms with Gasteiger partial charge in [0.15, 0.2) is 4.80 Å². The van der Waals surface area contributed by atoms with Crippen molar-refractivity contribution < 1.29 is 23.8 Å². The molecule has 3 aromatic rings. The number of rotatable bonds is 9. The van der Waals surface area contributed by atoms with Gasteiger partial charge >= 0.3 is 5.97 Å². The van der Waals surface area contributed by atoms with E-state index in [0.29, 0.717) is 49.9 Å². The van der Waals surface area contributed by atoms with Crippen LogP contribution in [0.2, 0.25) is 0 Å². The second-order valence-corrected chi connectivity index (χ2v) is 10.8. The Bertz CT molecular complexity index is 1770. The number of carbonyl (C=O) groups excluding carboxylic acids is 2. The number of amides is 1. The van der Waals surface area contributed by atoms with E-state index in [4.69, 9.17) is 19.2 Å². The first-order chi connectivity index (χ1) is 20.3. The lowest BCUT2D eigenvalue weighted by molar-refractivity contribution is -0.139. The number of hydrogen-bond donors (Lipinski definition) is 0. The molecule has 2 aliphatic rings. The number of benzene rings is 2. The van der Waals surface area contributed by atoms with Crippen molar-refractivity contribution >= 4 is 40.7 Å². The molecule has 0 radical (unpaired) electrons. The summed E-state index contributed by atoms with van der Waals surface area (Å²) in [6, 6.07) is 13.5. The van der Waals surface area contributed by atoms with Gasteiger partial charge in [0.1, 0.15) is 23.5 Å². The Balaban J connectivity index is 1.72. The van der Waals surface area contributed by atoms with Crippen LogP contribution in [0.5, 0.6) is 11.5 Å². The van der Waals surface area contributed by atoms with Gasteiger partial charge in [-0.15, -0.1) is 0 Å². The molecule has 0 aliphatic carbocycles. The molecule has 0 saturated heterocycles. The Morgan fingerprint density at radius 1 is 1.07 bits per heavy atom. The highest BCUT2D eigenvalue weighted by Crippen LogP contribution is 2.38. The lowest BCUT2D eigenvalue weighted by Gasteiger charge is -2.27. The molecular formula is C31H32N4O6S. The van der Waals surface area contributed by atoms with Crippen LogP contribution < -0.4 is 29.4 Å². The van der Waals surface area contributed by atoms with E-state index in [1.165, 1.54) is 28.0 Å². The van der Waals surface area contributed by atoms with Crippen molar-refractivity contribution in [3.05, 3.63) is 85.1 Å². The predicted octanol–water partition coefficient (Wildman–Crippen LogP) is 3.59. The number of esters is 1. The Kier molecular flexibility index (Phi) is 8.39. The summed E-state index contributed by atoms with van der Waals surface area (Å²) in [6.07, 6.45) is 2.86. The highest BCUT2D eigenvalue weighted by molar-refractivity contribution is 7.07. The first-order valence-electron chi connectivity index (χ1n) is 13.7. The van der Waals surface area contributed by atoms with E-state index in [2.05, 4.69) is 5.10 Å². The SMILES string of the molecule is CCCC1=C(C(=O)OCC)[C@H](c2cc(OC)ccc2OC)n2c(s/c(=C\[C@H]3C(=O)N(c4ccccc4)N=C3C)c2=O)=N1. The number of fused-ring (bicyclic) bond motifs is 1. The quantitative estimate of drug-likeness (QED) is 0.353. The largest absolute Gasteiger partial charge is 0.497 e. The van der Waals surface area contributed by atoms with Crippen LogP contribution in [0.25, 0.3) is 6.08 Å². The van der Waals surface area contributed by atoms with Crippen LogP contribution in [0, 0.1) is 5.92 Å². The van der Waals surface area contributed by atoms with Crippen molar-refractivity contribution in [3.8, 4) is 11.5 Å². The molecule has 0 unspecified atom stereocenters. The number of hydrazone groups is 1. The van der Waals surface area contributed by atoms with Gasteiger partial charge in [-0.2, -0.15) is 10.1 Å². The molecule has 10 nitrogen and oxygen atoms in total. The lowest BCUT2D eigenvalue weighted by atomic mass is 9.93. The minimum Gasteiger partial charge on any atom is -0.497 e. The molecule has 3 heterocycles. The van der Waals surface area contributed by atoms with Crippen LogP contribution in [-0.2, 0) is 14.3 Å². The Hall–Kier alpha value is -4.51. The number of para-hydroxylation sites is 1. The number of ether oxygens (including phenoxy) is 3. The Morgan fingerprint density at radius 2 is 1.83 bits per heavy atom. The zero-order chi connectivity index (χ0) is 30.0. The molecule has 42 heavy (non-hydrogen) atoms. The van der Waals surface area contributed by atoms with E-state index in [0.717, 1.165) is 6.42 Å². The molecule has 0 N–H and O–H groups in total.